The maximum Gasteiger partial charge on any atom is 0.332 e. The zero-order valence-electron chi connectivity index (χ0n) is 12.9. The summed E-state index contributed by atoms with van der Waals surface area (Å²) < 4.78 is 3.40. The molecule has 3 rings (SSSR count). The molecule has 7 heteroatoms. The molecule has 3 aromatic rings. The Labute approximate surface area is 140 Å². The third kappa shape index (κ3) is 2.57. The van der Waals surface area contributed by atoms with E-state index >= 15 is 0 Å². The van der Waals surface area contributed by atoms with Crippen LogP contribution in [-0.4, -0.2) is 14.1 Å². The molecule has 23 heavy (non-hydrogen) atoms. The summed E-state index contributed by atoms with van der Waals surface area (Å²) in [5.41, 5.74) is 1.92. The van der Waals surface area contributed by atoms with Gasteiger partial charge in [0.1, 0.15) is 5.39 Å². The molecule has 0 atom stereocenters. The van der Waals surface area contributed by atoms with E-state index < -0.39 is 5.69 Å². The molecule has 0 saturated carbocycles. The van der Waals surface area contributed by atoms with Crippen molar-refractivity contribution in [2.45, 2.75) is 6.92 Å². The minimum atomic E-state index is -0.396. The van der Waals surface area contributed by atoms with Gasteiger partial charge in [-0.15, -0.1) is 0 Å². The number of hydrogen-bond donors (Lipinski definition) is 1. The van der Waals surface area contributed by atoms with Gasteiger partial charge >= 0.3 is 5.69 Å². The second-order valence-electron chi connectivity index (χ2n) is 5.36. The smallest absolute Gasteiger partial charge is 0.332 e. The quantitative estimate of drug-likeness (QED) is 0.747. The van der Waals surface area contributed by atoms with Gasteiger partial charge in [0.15, 0.2) is 5.65 Å². The molecule has 0 aliphatic rings. The molecule has 0 saturated heterocycles. The van der Waals surface area contributed by atoms with Gasteiger partial charge in [-0.25, -0.2) is 9.78 Å². The first kappa shape index (κ1) is 15.5. The van der Waals surface area contributed by atoms with Gasteiger partial charge in [-0.05, 0) is 30.7 Å². The lowest BCUT2D eigenvalue weighted by molar-refractivity contribution is 0.707. The Balaban J connectivity index is 2.34. The number of pyridine rings is 1. The Morgan fingerprint density at radius 3 is 2.61 bits per heavy atom. The number of hydrogen-bond acceptors (Lipinski definition) is 4. The van der Waals surface area contributed by atoms with E-state index in [9.17, 15) is 9.59 Å². The summed E-state index contributed by atoms with van der Waals surface area (Å²) in [6.07, 6.45) is 1.65. The molecule has 118 valence electrons. The number of aryl methyl sites for hydroxylation is 2. The third-order valence-corrected chi connectivity index (χ3v) is 4.25. The highest BCUT2D eigenvalue weighted by atomic mass is 79.9. The van der Waals surface area contributed by atoms with Crippen LogP contribution in [0.5, 0.6) is 0 Å². The van der Waals surface area contributed by atoms with Crippen LogP contribution in [0, 0.1) is 6.92 Å². The van der Waals surface area contributed by atoms with Gasteiger partial charge in [0.25, 0.3) is 5.56 Å². The van der Waals surface area contributed by atoms with Crippen molar-refractivity contribution in [3.63, 3.8) is 0 Å². The summed E-state index contributed by atoms with van der Waals surface area (Å²) in [6.45, 7) is 1.87. The molecule has 0 unspecified atom stereocenters. The molecule has 1 aromatic carbocycles. The number of nitrogens with zero attached hydrogens (tertiary/aromatic N) is 3. The summed E-state index contributed by atoms with van der Waals surface area (Å²) in [5.74, 6) is 0. The van der Waals surface area contributed by atoms with E-state index in [-0.39, 0.29) is 5.56 Å². The molecule has 6 nitrogen and oxygen atoms in total. The Morgan fingerprint density at radius 2 is 1.91 bits per heavy atom. The molecule has 1 N–H and O–H groups in total. The standard InChI is InChI=1S/C16H15BrN4O2/c1-9-8-18-14-12(15(22)21(3)16(23)20(14)2)13(9)19-11-6-4-5-10(17)7-11/h4-8H,1-3H3,(H,18,19). The fourth-order valence-corrected chi connectivity index (χ4v) is 2.89. The van der Waals surface area contributed by atoms with Gasteiger partial charge in [0, 0.05) is 30.5 Å². The second kappa shape index (κ2) is 5.66. The Bertz CT molecular complexity index is 1040. The van der Waals surface area contributed by atoms with Crippen molar-refractivity contribution in [3.8, 4) is 0 Å². The average molecular weight is 375 g/mol. The normalized spacial score (nSPS) is 11.0. The van der Waals surface area contributed by atoms with Gasteiger partial charge < -0.3 is 5.32 Å². The number of fused-ring (bicyclic) bond motifs is 1. The third-order valence-electron chi connectivity index (χ3n) is 3.75. The van der Waals surface area contributed by atoms with E-state index in [1.54, 1.807) is 13.2 Å². The summed E-state index contributed by atoms with van der Waals surface area (Å²) in [7, 11) is 3.07. The summed E-state index contributed by atoms with van der Waals surface area (Å²) in [4.78, 5) is 28.9. The first-order valence-electron chi connectivity index (χ1n) is 6.98. The molecule has 0 fully saturated rings. The summed E-state index contributed by atoms with van der Waals surface area (Å²) in [6, 6.07) is 7.64. The minimum absolute atomic E-state index is 0.362. The minimum Gasteiger partial charge on any atom is -0.354 e. The van der Waals surface area contributed by atoms with Crippen LogP contribution in [0.4, 0.5) is 11.4 Å². The summed E-state index contributed by atoms with van der Waals surface area (Å²) >= 11 is 3.43. The maximum atomic E-state index is 12.6. The van der Waals surface area contributed by atoms with Crippen LogP contribution in [0.1, 0.15) is 5.56 Å². The maximum absolute atomic E-state index is 12.6. The molecule has 0 aliphatic heterocycles. The van der Waals surface area contributed by atoms with Gasteiger partial charge in [-0.3, -0.25) is 13.9 Å². The number of rotatable bonds is 2. The fourth-order valence-electron chi connectivity index (χ4n) is 2.49. The highest BCUT2D eigenvalue weighted by molar-refractivity contribution is 9.10. The highest BCUT2D eigenvalue weighted by Gasteiger charge is 2.15. The molecule has 0 amide bonds. The zero-order chi connectivity index (χ0) is 16.7. The van der Waals surface area contributed by atoms with Crippen LogP contribution < -0.4 is 16.6 Å². The number of aromatic nitrogens is 3. The highest BCUT2D eigenvalue weighted by Crippen LogP contribution is 2.27. The van der Waals surface area contributed by atoms with Crippen LogP contribution in [0.2, 0.25) is 0 Å². The Hall–Kier alpha value is -2.41. The van der Waals surface area contributed by atoms with E-state index in [2.05, 4.69) is 26.2 Å². The first-order valence-corrected chi connectivity index (χ1v) is 7.77. The number of halogens is 1. The van der Waals surface area contributed by atoms with Crippen molar-refractivity contribution in [2.24, 2.45) is 14.1 Å². The predicted octanol–water partition coefficient (Wildman–Crippen LogP) is 2.45. The zero-order valence-corrected chi connectivity index (χ0v) is 14.5. The average Bonchev–Trinajstić information content (AvgIpc) is 2.52. The van der Waals surface area contributed by atoms with Gasteiger partial charge in [-0.2, -0.15) is 0 Å². The van der Waals surface area contributed by atoms with E-state index in [4.69, 9.17) is 0 Å². The van der Waals surface area contributed by atoms with Crippen molar-refractivity contribution >= 4 is 38.3 Å². The monoisotopic (exact) mass is 374 g/mol. The summed E-state index contributed by atoms with van der Waals surface area (Å²) in [5, 5.41) is 3.67. The van der Waals surface area contributed by atoms with Crippen molar-refractivity contribution in [1.82, 2.24) is 14.1 Å². The molecule has 2 heterocycles. The lowest BCUT2D eigenvalue weighted by Gasteiger charge is -2.14. The topological polar surface area (TPSA) is 68.9 Å². The van der Waals surface area contributed by atoms with E-state index in [1.165, 1.54) is 11.6 Å². The van der Waals surface area contributed by atoms with Crippen LogP contribution in [0.3, 0.4) is 0 Å². The Kier molecular flexibility index (Phi) is 3.81. The lowest BCUT2D eigenvalue weighted by Crippen LogP contribution is -2.37. The van der Waals surface area contributed by atoms with Crippen molar-refractivity contribution < 1.29 is 0 Å². The number of benzene rings is 1. The molecular weight excluding hydrogens is 360 g/mol. The first-order chi connectivity index (χ1) is 10.9. The van der Waals surface area contributed by atoms with E-state index in [1.807, 2.05) is 31.2 Å². The SMILES string of the molecule is Cc1cnc2c(c1Nc1cccc(Br)c1)c(=O)n(C)c(=O)n2C. The number of anilines is 2. The van der Waals surface area contributed by atoms with Crippen LogP contribution in [0.25, 0.3) is 11.0 Å². The van der Waals surface area contributed by atoms with Gasteiger partial charge in [0.2, 0.25) is 0 Å². The van der Waals surface area contributed by atoms with Crippen LogP contribution >= 0.6 is 15.9 Å². The van der Waals surface area contributed by atoms with Crippen LogP contribution in [0.15, 0.2) is 44.5 Å². The Morgan fingerprint density at radius 1 is 1.17 bits per heavy atom. The van der Waals surface area contributed by atoms with E-state index in [0.717, 1.165) is 20.3 Å². The van der Waals surface area contributed by atoms with Gasteiger partial charge in [-0.1, -0.05) is 22.0 Å². The predicted molar refractivity (Wildman–Crippen MR) is 94.4 cm³/mol. The largest absolute Gasteiger partial charge is 0.354 e. The van der Waals surface area contributed by atoms with Crippen molar-refractivity contribution in [1.29, 1.82) is 0 Å². The molecule has 0 aliphatic carbocycles. The lowest BCUT2D eigenvalue weighted by atomic mass is 10.1. The fraction of sp³-hybridized carbons (Fsp3) is 0.188. The van der Waals surface area contributed by atoms with E-state index in [0.29, 0.717) is 16.7 Å². The molecule has 0 spiro atoms. The molecular formula is C16H15BrN4O2. The van der Waals surface area contributed by atoms with Crippen LogP contribution in [-0.2, 0) is 14.1 Å². The van der Waals surface area contributed by atoms with Crippen molar-refractivity contribution in [3.05, 3.63) is 61.3 Å². The van der Waals surface area contributed by atoms with Gasteiger partial charge in [0.05, 0.1) is 5.69 Å². The second-order valence-corrected chi connectivity index (χ2v) is 6.27. The molecule has 0 bridgehead atoms. The van der Waals surface area contributed by atoms with Crippen molar-refractivity contribution in [2.75, 3.05) is 5.32 Å². The number of nitrogens with one attached hydrogen (secondary N) is 1. The molecule has 0 radical (unpaired) electrons. The molecule has 2 aromatic heterocycles.